The van der Waals surface area contributed by atoms with Gasteiger partial charge in [0.05, 0.1) is 26.1 Å². The minimum Gasteiger partial charge on any atom is -0.497 e. The van der Waals surface area contributed by atoms with Gasteiger partial charge >= 0.3 is 0 Å². The van der Waals surface area contributed by atoms with Gasteiger partial charge in [-0.05, 0) is 12.1 Å². The van der Waals surface area contributed by atoms with Gasteiger partial charge in [-0.3, -0.25) is 9.59 Å². The van der Waals surface area contributed by atoms with Crippen LogP contribution in [-0.2, 0) is 11.2 Å². The van der Waals surface area contributed by atoms with Crippen molar-refractivity contribution in [3.63, 3.8) is 0 Å². The van der Waals surface area contributed by atoms with E-state index in [0.717, 1.165) is 5.69 Å². The van der Waals surface area contributed by atoms with Crippen LogP contribution in [0.5, 0.6) is 11.5 Å². The number of hydrogen-bond acceptors (Lipinski definition) is 6. The van der Waals surface area contributed by atoms with Crippen molar-refractivity contribution in [3.8, 4) is 17.2 Å². The Morgan fingerprint density at radius 1 is 1.10 bits per heavy atom. The molecule has 0 radical (unpaired) electrons. The number of hydrogen-bond donors (Lipinski definition) is 2. The van der Waals surface area contributed by atoms with E-state index in [1.165, 1.54) is 6.20 Å². The molecular formula is C22H21N5O4. The predicted molar refractivity (Wildman–Crippen MR) is 116 cm³/mol. The van der Waals surface area contributed by atoms with E-state index >= 15 is 0 Å². The number of aromatic nitrogens is 4. The molecular weight excluding hydrogens is 398 g/mol. The van der Waals surface area contributed by atoms with Gasteiger partial charge in [0.2, 0.25) is 5.91 Å². The van der Waals surface area contributed by atoms with Gasteiger partial charge in [-0.1, -0.05) is 18.2 Å². The molecule has 0 saturated carbocycles. The number of amides is 1. The highest BCUT2D eigenvalue weighted by molar-refractivity contribution is 5.91. The van der Waals surface area contributed by atoms with Crippen molar-refractivity contribution < 1.29 is 14.3 Å². The molecule has 0 aliphatic heterocycles. The second-order valence-electron chi connectivity index (χ2n) is 6.79. The Morgan fingerprint density at radius 3 is 2.48 bits per heavy atom. The maximum atomic E-state index is 12.4. The number of carbonyl (C=O) groups is 1. The molecule has 2 aromatic carbocycles. The zero-order valence-corrected chi connectivity index (χ0v) is 17.1. The van der Waals surface area contributed by atoms with Crippen LogP contribution in [0.4, 0.5) is 5.69 Å². The Bertz CT molecular complexity index is 1260. The molecule has 0 aliphatic rings. The standard InChI is InChI=1S/C22H21N5O4/c1-30-16-10-14(11-17(12-16)31-2)24-20(28)9-8-19-25-21-18(22(29)26-19)13-23-27(21)15-6-4-3-5-7-15/h3-7,10-13H,8-9H2,1-2H3,(H,24,28)(H,25,26,29). The summed E-state index contributed by atoms with van der Waals surface area (Å²) in [5.41, 5.74) is 1.51. The highest BCUT2D eigenvalue weighted by Gasteiger charge is 2.13. The number of nitrogens with zero attached hydrogens (tertiary/aromatic N) is 3. The largest absolute Gasteiger partial charge is 0.497 e. The first-order valence-corrected chi connectivity index (χ1v) is 9.62. The lowest BCUT2D eigenvalue weighted by Gasteiger charge is -2.10. The van der Waals surface area contributed by atoms with Crippen molar-refractivity contribution in [2.24, 2.45) is 0 Å². The predicted octanol–water partition coefficient (Wildman–Crippen LogP) is 2.70. The van der Waals surface area contributed by atoms with Crippen LogP contribution in [0.25, 0.3) is 16.7 Å². The van der Waals surface area contributed by atoms with E-state index in [4.69, 9.17) is 9.47 Å². The van der Waals surface area contributed by atoms with Crippen LogP contribution in [-0.4, -0.2) is 39.9 Å². The molecule has 0 unspecified atom stereocenters. The lowest BCUT2D eigenvalue weighted by molar-refractivity contribution is -0.116. The molecule has 2 heterocycles. The second kappa shape index (κ2) is 8.70. The van der Waals surface area contributed by atoms with Gasteiger partial charge in [-0.2, -0.15) is 5.10 Å². The fourth-order valence-electron chi connectivity index (χ4n) is 3.18. The van der Waals surface area contributed by atoms with E-state index in [9.17, 15) is 9.59 Å². The summed E-state index contributed by atoms with van der Waals surface area (Å²) in [5, 5.41) is 7.48. The summed E-state index contributed by atoms with van der Waals surface area (Å²) in [4.78, 5) is 32.1. The van der Waals surface area contributed by atoms with Crippen LogP contribution in [0.2, 0.25) is 0 Å². The van der Waals surface area contributed by atoms with Gasteiger partial charge in [0.1, 0.15) is 22.7 Å². The third-order valence-corrected chi connectivity index (χ3v) is 4.71. The minimum atomic E-state index is -0.292. The molecule has 4 rings (SSSR count). The number of nitrogens with one attached hydrogen (secondary N) is 2. The Balaban J connectivity index is 1.51. The first-order valence-electron chi connectivity index (χ1n) is 9.62. The quantitative estimate of drug-likeness (QED) is 0.476. The summed E-state index contributed by atoms with van der Waals surface area (Å²) in [6.07, 6.45) is 1.88. The smallest absolute Gasteiger partial charge is 0.262 e. The van der Waals surface area contributed by atoms with Crippen molar-refractivity contribution in [1.82, 2.24) is 19.7 Å². The van der Waals surface area contributed by atoms with Crippen molar-refractivity contribution in [3.05, 3.63) is 70.9 Å². The number of ether oxygens (including phenoxy) is 2. The normalized spacial score (nSPS) is 10.8. The molecule has 0 atom stereocenters. The lowest BCUT2D eigenvalue weighted by Crippen LogP contribution is -2.16. The summed E-state index contributed by atoms with van der Waals surface area (Å²) < 4.78 is 12.0. The van der Waals surface area contributed by atoms with Crippen molar-refractivity contribution in [2.75, 3.05) is 19.5 Å². The van der Waals surface area contributed by atoms with Gasteiger partial charge in [0.25, 0.3) is 5.56 Å². The average molecular weight is 419 g/mol. The number of benzene rings is 2. The molecule has 9 heteroatoms. The Hall–Kier alpha value is -4.14. The molecule has 9 nitrogen and oxygen atoms in total. The van der Waals surface area contributed by atoms with Crippen molar-refractivity contribution >= 4 is 22.6 Å². The number of para-hydroxylation sites is 1. The van der Waals surface area contributed by atoms with E-state index in [0.29, 0.717) is 34.0 Å². The Kier molecular flexibility index (Phi) is 5.65. The number of methoxy groups -OCH3 is 2. The number of H-pyrrole nitrogens is 1. The first kappa shape index (κ1) is 20.1. The van der Waals surface area contributed by atoms with E-state index in [1.54, 1.807) is 37.1 Å². The van der Waals surface area contributed by atoms with E-state index in [2.05, 4.69) is 20.4 Å². The van der Waals surface area contributed by atoms with Crippen LogP contribution < -0.4 is 20.3 Å². The van der Waals surface area contributed by atoms with Crippen LogP contribution in [0.3, 0.4) is 0 Å². The zero-order valence-electron chi connectivity index (χ0n) is 17.1. The first-order chi connectivity index (χ1) is 15.1. The van der Waals surface area contributed by atoms with Gasteiger partial charge < -0.3 is 19.8 Å². The average Bonchev–Trinajstić information content (AvgIpc) is 3.22. The van der Waals surface area contributed by atoms with Crippen LogP contribution >= 0.6 is 0 Å². The highest BCUT2D eigenvalue weighted by atomic mass is 16.5. The van der Waals surface area contributed by atoms with Gasteiger partial charge in [0, 0.05) is 36.7 Å². The SMILES string of the molecule is COc1cc(NC(=O)CCc2nc3c(cnn3-c3ccccc3)c(=O)[nH]2)cc(OC)c1. The number of aromatic amines is 1. The molecule has 2 aromatic heterocycles. The molecule has 1 amide bonds. The summed E-state index contributed by atoms with van der Waals surface area (Å²) in [6, 6.07) is 14.5. The number of rotatable bonds is 7. The Labute approximate surface area is 177 Å². The van der Waals surface area contributed by atoms with E-state index < -0.39 is 0 Å². The Morgan fingerprint density at radius 2 is 1.81 bits per heavy atom. The summed E-state index contributed by atoms with van der Waals surface area (Å²) in [5.74, 6) is 1.32. The third-order valence-electron chi connectivity index (χ3n) is 4.71. The molecule has 4 aromatic rings. The lowest BCUT2D eigenvalue weighted by atomic mass is 10.2. The maximum absolute atomic E-state index is 12.4. The summed E-state index contributed by atoms with van der Waals surface area (Å²) in [6.45, 7) is 0. The highest BCUT2D eigenvalue weighted by Crippen LogP contribution is 2.25. The number of fused-ring (bicyclic) bond motifs is 1. The van der Waals surface area contributed by atoms with Crippen LogP contribution in [0.15, 0.2) is 59.5 Å². The second-order valence-corrected chi connectivity index (χ2v) is 6.79. The molecule has 0 bridgehead atoms. The van der Waals surface area contributed by atoms with Gasteiger partial charge in [-0.15, -0.1) is 0 Å². The van der Waals surface area contributed by atoms with E-state index in [1.807, 2.05) is 30.3 Å². The summed E-state index contributed by atoms with van der Waals surface area (Å²) >= 11 is 0. The monoisotopic (exact) mass is 419 g/mol. The topological polar surface area (TPSA) is 111 Å². The fraction of sp³-hybridized carbons (Fsp3) is 0.182. The minimum absolute atomic E-state index is 0.132. The van der Waals surface area contributed by atoms with Crippen molar-refractivity contribution in [2.45, 2.75) is 12.8 Å². The zero-order chi connectivity index (χ0) is 21.8. The van der Waals surface area contributed by atoms with E-state index in [-0.39, 0.29) is 24.3 Å². The van der Waals surface area contributed by atoms with Crippen LogP contribution in [0, 0.1) is 0 Å². The van der Waals surface area contributed by atoms with Gasteiger partial charge in [0.15, 0.2) is 5.65 Å². The maximum Gasteiger partial charge on any atom is 0.262 e. The third kappa shape index (κ3) is 4.40. The molecule has 0 fully saturated rings. The number of anilines is 1. The van der Waals surface area contributed by atoms with Crippen LogP contribution in [0.1, 0.15) is 12.2 Å². The molecule has 158 valence electrons. The molecule has 2 N–H and O–H groups in total. The molecule has 0 spiro atoms. The molecule has 31 heavy (non-hydrogen) atoms. The number of carbonyl (C=O) groups excluding carboxylic acids is 1. The molecule has 0 aliphatic carbocycles. The molecule has 0 saturated heterocycles. The van der Waals surface area contributed by atoms with Gasteiger partial charge in [-0.25, -0.2) is 9.67 Å². The summed E-state index contributed by atoms with van der Waals surface area (Å²) in [7, 11) is 3.08. The fourth-order valence-corrected chi connectivity index (χ4v) is 3.18. The van der Waals surface area contributed by atoms with Crippen molar-refractivity contribution in [1.29, 1.82) is 0 Å². The number of aryl methyl sites for hydroxylation is 1.